The predicted octanol–water partition coefficient (Wildman–Crippen LogP) is 2.93. The van der Waals surface area contributed by atoms with Crippen molar-refractivity contribution in [3.05, 3.63) is 36.8 Å². The average Bonchev–Trinajstić information content (AvgIpc) is 3.49. The van der Waals surface area contributed by atoms with Crippen molar-refractivity contribution in [1.29, 1.82) is 0 Å². The molecule has 4 heterocycles. The maximum atomic E-state index is 11.1. The highest BCUT2D eigenvalue weighted by atomic mass is 16.5. The topological polar surface area (TPSA) is 115 Å². The number of nitrogens with zero attached hydrogens (tertiary/aromatic N) is 5. The number of rotatable bonds is 6. The quantitative estimate of drug-likeness (QED) is 0.604. The van der Waals surface area contributed by atoms with E-state index in [-0.39, 0.29) is 12.2 Å². The Morgan fingerprint density at radius 3 is 2.72 bits per heavy atom. The molecule has 1 amide bonds. The van der Waals surface area contributed by atoms with Gasteiger partial charge in [0.1, 0.15) is 17.8 Å². The maximum absolute atomic E-state index is 11.1. The summed E-state index contributed by atoms with van der Waals surface area (Å²) in [6.45, 7) is 2.58. The molecule has 3 aromatic rings. The van der Waals surface area contributed by atoms with Crippen molar-refractivity contribution >= 4 is 22.8 Å². The molecule has 0 aliphatic carbocycles. The summed E-state index contributed by atoms with van der Waals surface area (Å²) < 4.78 is 13.5. The van der Waals surface area contributed by atoms with Crippen LogP contribution >= 0.6 is 0 Å². The van der Waals surface area contributed by atoms with Crippen molar-refractivity contribution in [2.24, 2.45) is 0 Å². The van der Waals surface area contributed by atoms with Gasteiger partial charge in [0, 0.05) is 44.8 Å². The largest absolute Gasteiger partial charge is 0.474 e. The van der Waals surface area contributed by atoms with Crippen LogP contribution in [0.15, 0.2) is 36.8 Å². The zero-order valence-corrected chi connectivity index (χ0v) is 17.7. The normalized spacial score (nSPS) is 19.4. The highest BCUT2D eigenvalue weighted by Crippen LogP contribution is 2.26. The van der Waals surface area contributed by atoms with Crippen molar-refractivity contribution in [2.75, 3.05) is 31.6 Å². The Morgan fingerprint density at radius 2 is 2.00 bits per heavy atom. The van der Waals surface area contributed by atoms with Gasteiger partial charge < -0.3 is 24.8 Å². The standard InChI is InChI=1S/C22H26N6O4/c29-22(30)27-9-7-17(8-10-27)32-21-19-13-26-28(20(19)24-14-25-21)16-5-3-15(4-6-16)23-12-18-2-1-11-31-18/h3-6,13-14,17-18,23H,1-2,7-12H2,(H,29,30). The summed E-state index contributed by atoms with van der Waals surface area (Å²) in [5.41, 5.74) is 2.59. The molecule has 5 rings (SSSR count). The summed E-state index contributed by atoms with van der Waals surface area (Å²) in [7, 11) is 0. The molecule has 0 saturated carbocycles. The second-order valence-electron chi connectivity index (χ2n) is 8.12. The Labute approximate surface area is 185 Å². The third kappa shape index (κ3) is 4.31. The number of hydrogen-bond acceptors (Lipinski definition) is 7. The molecule has 0 spiro atoms. The van der Waals surface area contributed by atoms with Gasteiger partial charge in [0.05, 0.1) is 18.0 Å². The number of benzene rings is 1. The van der Waals surface area contributed by atoms with Gasteiger partial charge in [-0.15, -0.1) is 0 Å². The molecule has 10 nitrogen and oxygen atoms in total. The van der Waals surface area contributed by atoms with Crippen LogP contribution in [0, 0.1) is 0 Å². The smallest absolute Gasteiger partial charge is 0.407 e. The van der Waals surface area contributed by atoms with Crippen LogP contribution in [-0.4, -0.2) is 74.3 Å². The minimum absolute atomic E-state index is 0.0822. The minimum Gasteiger partial charge on any atom is -0.474 e. The highest BCUT2D eigenvalue weighted by molar-refractivity contribution is 5.81. The van der Waals surface area contributed by atoms with E-state index < -0.39 is 6.09 Å². The lowest BCUT2D eigenvalue weighted by atomic mass is 10.1. The van der Waals surface area contributed by atoms with Gasteiger partial charge in [0.15, 0.2) is 5.65 Å². The number of anilines is 1. The molecule has 32 heavy (non-hydrogen) atoms. The van der Waals surface area contributed by atoms with Crippen molar-refractivity contribution in [3.8, 4) is 11.6 Å². The van der Waals surface area contributed by atoms with E-state index in [0.29, 0.717) is 37.5 Å². The molecule has 1 unspecified atom stereocenters. The molecule has 2 fully saturated rings. The Bertz CT molecular complexity index is 1070. The number of piperidine rings is 1. The SMILES string of the molecule is O=C(O)N1CCC(Oc2ncnc3c2cnn3-c2ccc(NCC3CCCO3)cc2)CC1. The lowest BCUT2D eigenvalue weighted by Crippen LogP contribution is -2.41. The van der Waals surface area contributed by atoms with Gasteiger partial charge in [-0.25, -0.2) is 19.4 Å². The van der Waals surface area contributed by atoms with Gasteiger partial charge in [0.25, 0.3) is 0 Å². The van der Waals surface area contributed by atoms with Gasteiger partial charge in [-0.1, -0.05) is 0 Å². The summed E-state index contributed by atoms with van der Waals surface area (Å²) in [4.78, 5) is 21.2. The molecule has 1 atom stereocenters. The zero-order valence-electron chi connectivity index (χ0n) is 17.7. The Morgan fingerprint density at radius 1 is 1.19 bits per heavy atom. The molecule has 1 aromatic carbocycles. The predicted molar refractivity (Wildman–Crippen MR) is 117 cm³/mol. The van der Waals surface area contributed by atoms with Gasteiger partial charge in [-0.2, -0.15) is 5.10 Å². The number of carboxylic acid groups (broad SMARTS) is 1. The van der Waals surface area contributed by atoms with E-state index in [1.54, 1.807) is 10.9 Å². The zero-order chi connectivity index (χ0) is 21.9. The van der Waals surface area contributed by atoms with E-state index in [9.17, 15) is 4.79 Å². The fourth-order valence-corrected chi connectivity index (χ4v) is 4.19. The van der Waals surface area contributed by atoms with Crippen LogP contribution in [0.3, 0.4) is 0 Å². The molecular weight excluding hydrogens is 412 g/mol. The number of nitrogens with one attached hydrogen (secondary N) is 1. The fourth-order valence-electron chi connectivity index (χ4n) is 4.19. The van der Waals surface area contributed by atoms with Crippen LogP contribution in [0.25, 0.3) is 16.7 Å². The fraction of sp³-hybridized carbons (Fsp3) is 0.455. The van der Waals surface area contributed by atoms with Crippen LogP contribution in [0.5, 0.6) is 5.88 Å². The van der Waals surface area contributed by atoms with Crippen molar-refractivity contribution in [2.45, 2.75) is 37.9 Å². The summed E-state index contributed by atoms with van der Waals surface area (Å²) in [5, 5.41) is 17.8. The van der Waals surface area contributed by atoms with Gasteiger partial charge in [-0.05, 0) is 37.1 Å². The van der Waals surface area contributed by atoms with E-state index >= 15 is 0 Å². The first kappa shape index (κ1) is 20.5. The molecule has 2 N–H and O–H groups in total. The molecule has 2 aliphatic rings. The van der Waals surface area contributed by atoms with Crippen molar-refractivity contribution in [1.82, 2.24) is 24.6 Å². The third-order valence-electron chi connectivity index (χ3n) is 5.99. The second-order valence-corrected chi connectivity index (χ2v) is 8.12. The molecule has 2 aromatic heterocycles. The lowest BCUT2D eigenvalue weighted by Gasteiger charge is -2.29. The molecule has 0 bridgehead atoms. The van der Waals surface area contributed by atoms with E-state index in [1.165, 1.54) is 11.2 Å². The molecular formula is C22H26N6O4. The van der Waals surface area contributed by atoms with E-state index in [1.807, 2.05) is 24.3 Å². The number of hydrogen-bond donors (Lipinski definition) is 2. The number of carbonyl (C=O) groups is 1. The van der Waals surface area contributed by atoms with Crippen LogP contribution < -0.4 is 10.1 Å². The Hall–Kier alpha value is -3.40. The van der Waals surface area contributed by atoms with Gasteiger partial charge in [-0.3, -0.25) is 0 Å². The Balaban J connectivity index is 1.28. The molecule has 0 radical (unpaired) electrons. The van der Waals surface area contributed by atoms with Crippen molar-refractivity contribution in [3.63, 3.8) is 0 Å². The number of amides is 1. The third-order valence-corrected chi connectivity index (χ3v) is 5.99. The number of ether oxygens (including phenoxy) is 2. The molecule has 10 heteroatoms. The van der Waals surface area contributed by atoms with Crippen LogP contribution in [0.2, 0.25) is 0 Å². The molecule has 168 valence electrons. The van der Waals surface area contributed by atoms with Crippen LogP contribution in [0.4, 0.5) is 10.5 Å². The monoisotopic (exact) mass is 438 g/mol. The first-order chi connectivity index (χ1) is 15.7. The number of fused-ring (bicyclic) bond motifs is 1. The number of likely N-dealkylation sites (tertiary alicyclic amines) is 1. The second kappa shape index (κ2) is 8.99. The number of aromatic nitrogens is 4. The molecule has 2 aliphatic heterocycles. The summed E-state index contributed by atoms with van der Waals surface area (Å²) in [6.07, 6.45) is 6.00. The lowest BCUT2D eigenvalue weighted by molar-refractivity contribution is 0.0879. The average molecular weight is 438 g/mol. The van der Waals surface area contributed by atoms with Crippen molar-refractivity contribution < 1.29 is 19.4 Å². The van der Waals surface area contributed by atoms with E-state index in [0.717, 1.165) is 42.8 Å². The highest BCUT2D eigenvalue weighted by Gasteiger charge is 2.25. The summed E-state index contributed by atoms with van der Waals surface area (Å²) in [6, 6.07) is 8.03. The summed E-state index contributed by atoms with van der Waals surface area (Å²) in [5.74, 6) is 0.477. The van der Waals surface area contributed by atoms with E-state index in [2.05, 4.69) is 20.4 Å². The van der Waals surface area contributed by atoms with Crippen LogP contribution in [0.1, 0.15) is 25.7 Å². The van der Waals surface area contributed by atoms with Gasteiger partial charge >= 0.3 is 6.09 Å². The first-order valence-corrected chi connectivity index (χ1v) is 11.0. The maximum Gasteiger partial charge on any atom is 0.407 e. The van der Waals surface area contributed by atoms with E-state index in [4.69, 9.17) is 14.6 Å². The first-order valence-electron chi connectivity index (χ1n) is 11.0. The van der Waals surface area contributed by atoms with Crippen LogP contribution in [-0.2, 0) is 4.74 Å². The summed E-state index contributed by atoms with van der Waals surface area (Å²) >= 11 is 0. The van der Waals surface area contributed by atoms with Gasteiger partial charge in [0.2, 0.25) is 5.88 Å². The minimum atomic E-state index is -0.887. The molecule has 2 saturated heterocycles. The Kier molecular flexibility index (Phi) is 5.76.